The molecule has 4 heteroatoms. The maximum Gasteiger partial charge on any atom is 0.0271 e. The van der Waals surface area contributed by atoms with Crippen LogP contribution in [-0.4, -0.2) is 35.6 Å². The Balaban J connectivity index is 0.00000162. The summed E-state index contributed by atoms with van der Waals surface area (Å²) in [6, 6.07) is 5.01. The normalized spacial score (nSPS) is 16.6. The summed E-state index contributed by atoms with van der Waals surface area (Å²) < 4.78 is 0. The molecule has 0 saturated carbocycles. The number of piperidine rings is 1. The molecule has 1 aromatic heterocycles. The molecule has 1 N–H and O–H groups in total. The third-order valence-corrected chi connectivity index (χ3v) is 3.47. The molecular weight excluding hydrogens is 246 g/mol. The molecule has 0 aliphatic carbocycles. The summed E-state index contributed by atoms with van der Waals surface area (Å²) in [5, 5.41) is 3.44. The lowest BCUT2D eigenvalue weighted by atomic mass is 10.0. The highest BCUT2D eigenvalue weighted by molar-refractivity contribution is 5.85. The van der Waals surface area contributed by atoms with E-state index >= 15 is 0 Å². The van der Waals surface area contributed by atoms with Gasteiger partial charge in [0.1, 0.15) is 0 Å². The van der Waals surface area contributed by atoms with Gasteiger partial charge in [-0.25, -0.2) is 0 Å². The van der Waals surface area contributed by atoms with Crippen LogP contribution in [0.4, 0.5) is 0 Å². The minimum Gasteiger partial charge on any atom is -0.317 e. The summed E-state index contributed by atoms with van der Waals surface area (Å²) in [7, 11) is 0. The first-order valence-electron chi connectivity index (χ1n) is 6.74. The van der Waals surface area contributed by atoms with E-state index in [2.05, 4.69) is 34.3 Å². The molecule has 102 valence electrons. The average molecular weight is 270 g/mol. The fourth-order valence-corrected chi connectivity index (χ4v) is 2.57. The topological polar surface area (TPSA) is 28.2 Å². The molecule has 3 nitrogen and oxygen atoms in total. The van der Waals surface area contributed by atoms with Crippen LogP contribution in [0, 0.1) is 0 Å². The highest BCUT2D eigenvalue weighted by atomic mass is 35.5. The number of halogens is 1. The third kappa shape index (κ3) is 4.56. The Kier molecular flexibility index (Phi) is 7.25. The maximum atomic E-state index is 4.08. The van der Waals surface area contributed by atoms with Crippen molar-refractivity contribution in [3.8, 4) is 0 Å². The van der Waals surface area contributed by atoms with Gasteiger partial charge in [0.15, 0.2) is 0 Å². The van der Waals surface area contributed by atoms with Crippen LogP contribution in [0.15, 0.2) is 24.5 Å². The minimum absolute atomic E-state index is 0. The van der Waals surface area contributed by atoms with E-state index in [4.69, 9.17) is 0 Å². The Morgan fingerprint density at radius 3 is 2.56 bits per heavy atom. The van der Waals surface area contributed by atoms with Crippen LogP contribution >= 0.6 is 12.4 Å². The van der Waals surface area contributed by atoms with Gasteiger partial charge in [-0.3, -0.25) is 9.88 Å². The molecule has 0 spiro atoms. The van der Waals surface area contributed by atoms with Gasteiger partial charge in [0.2, 0.25) is 0 Å². The van der Waals surface area contributed by atoms with Crippen molar-refractivity contribution in [3.63, 3.8) is 0 Å². The van der Waals surface area contributed by atoms with Crippen molar-refractivity contribution in [2.24, 2.45) is 0 Å². The molecule has 0 atom stereocenters. The highest BCUT2D eigenvalue weighted by Crippen LogP contribution is 2.15. The molecule has 0 bridgehead atoms. The van der Waals surface area contributed by atoms with E-state index in [0.717, 1.165) is 12.6 Å². The molecule has 1 fully saturated rings. The van der Waals surface area contributed by atoms with E-state index in [0.29, 0.717) is 0 Å². The molecule has 18 heavy (non-hydrogen) atoms. The summed E-state index contributed by atoms with van der Waals surface area (Å²) in [6.07, 6.45) is 7.58. The predicted octanol–water partition coefficient (Wildman–Crippen LogP) is 2.47. The van der Waals surface area contributed by atoms with E-state index in [1.54, 1.807) is 0 Å². The van der Waals surface area contributed by atoms with Crippen molar-refractivity contribution in [1.29, 1.82) is 0 Å². The largest absolute Gasteiger partial charge is 0.317 e. The SMILES string of the molecule is CCCN(Cc1ccncc1)C1CCNCC1.Cl. The fourth-order valence-electron chi connectivity index (χ4n) is 2.57. The molecule has 0 amide bonds. The number of nitrogens with zero attached hydrogens (tertiary/aromatic N) is 2. The van der Waals surface area contributed by atoms with Crippen molar-refractivity contribution < 1.29 is 0 Å². The molecular formula is C14H24ClN3. The second-order valence-corrected chi connectivity index (χ2v) is 4.81. The summed E-state index contributed by atoms with van der Waals surface area (Å²) in [5.41, 5.74) is 1.38. The number of hydrogen-bond donors (Lipinski definition) is 1. The van der Waals surface area contributed by atoms with E-state index in [9.17, 15) is 0 Å². The second kappa shape index (κ2) is 8.46. The van der Waals surface area contributed by atoms with Gasteiger partial charge in [-0.05, 0) is 56.6 Å². The minimum atomic E-state index is 0. The molecule has 0 aromatic carbocycles. The van der Waals surface area contributed by atoms with Gasteiger partial charge in [-0.1, -0.05) is 6.92 Å². The molecule has 2 rings (SSSR count). The van der Waals surface area contributed by atoms with E-state index in [-0.39, 0.29) is 12.4 Å². The van der Waals surface area contributed by atoms with Crippen LogP contribution in [0.2, 0.25) is 0 Å². The molecule has 1 aliphatic rings. The first kappa shape index (κ1) is 15.4. The zero-order valence-electron chi connectivity index (χ0n) is 11.1. The highest BCUT2D eigenvalue weighted by Gasteiger charge is 2.20. The first-order valence-corrected chi connectivity index (χ1v) is 6.74. The Hall–Kier alpha value is -0.640. The Labute approximate surface area is 116 Å². The van der Waals surface area contributed by atoms with Gasteiger partial charge in [0, 0.05) is 25.0 Å². The van der Waals surface area contributed by atoms with Crippen LogP contribution in [0.25, 0.3) is 0 Å². The van der Waals surface area contributed by atoms with Crippen LogP contribution in [0.1, 0.15) is 31.7 Å². The lowest BCUT2D eigenvalue weighted by Gasteiger charge is -2.34. The molecule has 0 unspecified atom stereocenters. The molecule has 2 heterocycles. The van der Waals surface area contributed by atoms with Gasteiger partial charge < -0.3 is 5.32 Å². The number of pyridine rings is 1. The summed E-state index contributed by atoms with van der Waals surface area (Å²) in [5.74, 6) is 0. The Morgan fingerprint density at radius 2 is 1.94 bits per heavy atom. The monoisotopic (exact) mass is 269 g/mol. The molecule has 1 aliphatic heterocycles. The van der Waals surface area contributed by atoms with Crippen molar-refractivity contribution in [1.82, 2.24) is 15.2 Å². The molecule has 0 radical (unpaired) electrons. The maximum absolute atomic E-state index is 4.08. The van der Waals surface area contributed by atoms with Crippen LogP contribution < -0.4 is 5.32 Å². The van der Waals surface area contributed by atoms with Crippen molar-refractivity contribution >= 4 is 12.4 Å². The summed E-state index contributed by atoms with van der Waals surface area (Å²) >= 11 is 0. The third-order valence-electron chi connectivity index (χ3n) is 3.47. The van der Waals surface area contributed by atoms with Gasteiger partial charge >= 0.3 is 0 Å². The molecule has 1 saturated heterocycles. The van der Waals surface area contributed by atoms with Crippen molar-refractivity contribution in [2.75, 3.05) is 19.6 Å². The van der Waals surface area contributed by atoms with E-state index in [1.165, 1.54) is 44.5 Å². The van der Waals surface area contributed by atoms with Crippen LogP contribution in [-0.2, 0) is 6.54 Å². The van der Waals surface area contributed by atoms with E-state index in [1.807, 2.05) is 12.4 Å². The van der Waals surface area contributed by atoms with Crippen molar-refractivity contribution in [3.05, 3.63) is 30.1 Å². The van der Waals surface area contributed by atoms with Crippen molar-refractivity contribution in [2.45, 2.75) is 38.8 Å². The second-order valence-electron chi connectivity index (χ2n) is 4.81. The fraction of sp³-hybridized carbons (Fsp3) is 0.643. The number of aromatic nitrogens is 1. The van der Waals surface area contributed by atoms with Gasteiger partial charge in [0.25, 0.3) is 0 Å². The smallest absolute Gasteiger partial charge is 0.0271 e. The quantitative estimate of drug-likeness (QED) is 0.890. The summed E-state index contributed by atoms with van der Waals surface area (Å²) in [4.78, 5) is 6.72. The predicted molar refractivity (Wildman–Crippen MR) is 78.1 cm³/mol. The van der Waals surface area contributed by atoms with Gasteiger partial charge in [0.05, 0.1) is 0 Å². The number of hydrogen-bond acceptors (Lipinski definition) is 3. The van der Waals surface area contributed by atoms with E-state index < -0.39 is 0 Å². The van der Waals surface area contributed by atoms with Crippen LogP contribution in [0.5, 0.6) is 0 Å². The average Bonchev–Trinajstić information content (AvgIpc) is 2.40. The zero-order chi connectivity index (χ0) is 11.9. The lowest BCUT2D eigenvalue weighted by molar-refractivity contribution is 0.154. The summed E-state index contributed by atoms with van der Waals surface area (Å²) in [6.45, 7) is 6.87. The number of nitrogens with one attached hydrogen (secondary N) is 1. The van der Waals surface area contributed by atoms with Crippen LogP contribution in [0.3, 0.4) is 0 Å². The zero-order valence-corrected chi connectivity index (χ0v) is 12.0. The Bertz CT molecular complexity index is 312. The standard InChI is InChI=1S/C14H23N3.ClH/c1-2-11-17(14-5-9-16-10-6-14)12-13-3-7-15-8-4-13;/h3-4,7-8,14,16H,2,5-6,9-12H2,1H3;1H. The molecule has 1 aromatic rings. The first-order chi connectivity index (χ1) is 8.40. The number of rotatable bonds is 5. The van der Waals surface area contributed by atoms with Gasteiger partial charge in [-0.15, -0.1) is 12.4 Å². The Morgan fingerprint density at radius 1 is 1.28 bits per heavy atom. The lowest BCUT2D eigenvalue weighted by Crippen LogP contribution is -2.43. The van der Waals surface area contributed by atoms with Gasteiger partial charge in [-0.2, -0.15) is 0 Å².